The fourth-order valence-corrected chi connectivity index (χ4v) is 22.7. The first kappa shape index (κ1) is 85.5. The molecule has 128 heavy (non-hydrogen) atoms. The van der Waals surface area contributed by atoms with Gasteiger partial charge in [0.2, 0.25) is 27.7 Å². The summed E-state index contributed by atoms with van der Waals surface area (Å²) >= 11 is 0. The van der Waals surface area contributed by atoms with Crippen LogP contribution in [0.15, 0.2) is 225 Å². The summed E-state index contributed by atoms with van der Waals surface area (Å²) in [7, 11) is 6.08. The van der Waals surface area contributed by atoms with Gasteiger partial charge in [0.05, 0.1) is 80.1 Å². The third kappa shape index (κ3) is 15.7. The van der Waals surface area contributed by atoms with Crippen LogP contribution in [0.5, 0.6) is 0 Å². The van der Waals surface area contributed by atoms with Crippen LogP contribution in [0.3, 0.4) is 0 Å². The van der Waals surface area contributed by atoms with Crippen molar-refractivity contribution in [1.82, 2.24) is 58.1 Å². The van der Waals surface area contributed by atoms with E-state index in [-0.39, 0.29) is 61.4 Å². The molecule has 13 heterocycles. The number of carbonyl (C=O) groups is 4. The first-order valence-corrected chi connectivity index (χ1v) is 46.5. The lowest BCUT2D eigenvalue weighted by atomic mass is 9.73. The maximum absolute atomic E-state index is 15.2. The van der Waals surface area contributed by atoms with Crippen LogP contribution in [0.2, 0.25) is 0 Å². The van der Waals surface area contributed by atoms with Gasteiger partial charge in [0, 0.05) is 159 Å². The van der Waals surface area contributed by atoms with Gasteiger partial charge in [0.15, 0.2) is 0 Å². The maximum Gasteiger partial charge on any atom is 0.252 e. The Morgan fingerprint density at radius 3 is 1.19 bits per heavy atom. The SMILES string of the molecule is CN1CCCC12C(=O)N(Cc1ccc(-c3cnn(C)c3)cc1)c1ccccc12.Cn1cc(-c2ccc(CN3C(=O)C4(CCN(C5CCCCC5)C4)c4ccccc43)c(F)c2)cn1.Cn1cc(-c2ccc(CN3C(=O)C4(CCN(C5CCOC5)CC4)c4ccccc43)c(F)c2)cn1.Cn1cc(-c2ccc(CN3C(=O)C4(CCN(S(C)(=O)=O)C4)c4ccccc43)c(F)c2)cn1. The molecule has 660 valence electrons. The number of hydrogen-bond donors (Lipinski definition) is 0. The number of likely N-dealkylation sites (N-methyl/N-ethyl adjacent to an activating group) is 1. The lowest BCUT2D eigenvalue weighted by molar-refractivity contribution is -0.128. The molecule has 5 saturated heterocycles. The van der Waals surface area contributed by atoms with Crippen molar-refractivity contribution in [2.24, 2.45) is 28.2 Å². The number of hydrogen-bond acceptors (Lipinski definition) is 14. The van der Waals surface area contributed by atoms with E-state index in [1.165, 1.54) is 48.5 Å². The predicted octanol–water partition coefficient (Wildman–Crippen LogP) is 15.2. The molecule has 10 aliphatic rings. The number of halogens is 3. The Balaban J connectivity index is 0.000000111. The summed E-state index contributed by atoms with van der Waals surface area (Å²) < 4.78 is 83.4. The third-order valence-corrected chi connectivity index (χ3v) is 30.0. The van der Waals surface area contributed by atoms with Crippen molar-refractivity contribution in [3.05, 3.63) is 287 Å². The van der Waals surface area contributed by atoms with E-state index < -0.39 is 37.6 Å². The molecule has 4 aromatic heterocycles. The first-order valence-electron chi connectivity index (χ1n) is 44.7. The Hall–Kier alpha value is -12.0. The number of aromatic nitrogens is 8. The number of nitrogens with zero attached hydrogens (tertiary/aromatic N) is 16. The zero-order chi connectivity index (χ0) is 88.5. The highest BCUT2D eigenvalue weighted by atomic mass is 32.2. The number of anilines is 4. The summed E-state index contributed by atoms with van der Waals surface area (Å²) in [5.74, 6) is -0.728. The molecule has 0 N–H and O–H groups in total. The Morgan fingerprint density at radius 1 is 0.383 bits per heavy atom. The molecule has 4 atom stereocenters. The molecule has 4 amide bonds. The summed E-state index contributed by atoms with van der Waals surface area (Å²) in [6, 6.07) is 56.9. The molecule has 9 aliphatic heterocycles. The minimum Gasteiger partial charge on any atom is -0.380 e. The summed E-state index contributed by atoms with van der Waals surface area (Å²) in [4.78, 5) is 69.6. The Labute approximate surface area is 745 Å². The normalized spacial score (nSPS) is 22.0. The molecule has 23 nitrogen and oxygen atoms in total. The predicted molar refractivity (Wildman–Crippen MR) is 488 cm³/mol. The fraction of sp³-hybridized carbons (Fsp3) is 0.366. The monoisotopic (exact) mass is 1740 g/mol. The van der Waals surface area contributed by atoms with E-state index in [0.717, 1.165) is 175 Å². The van der Waals surface area contributed by atoms with Crippen molar-refractivity contribution >= 4 is 56.4 Å². The van der Waals surface area contributed by atoms with Crippen LogP contribution >= 0.6 is 0 Å². The van der Waals surface area contributed by atoms with E-state index in [2.05, 4.69) is 90.7 Å². The van der Waals surface area contributed by atoms with Gasteiger partial charge in [-0.1, -0.05) is 153 Å². The topological polar surface area (TPSA) is 209 Å². The Morgan fingerprint density at radius 2 is 0.773 bits per heavy atom. The van der Waals surface area contributed by atoms with Gasteiger partial charge in [-0.3, -0.25) is 52.6 Å². The molecule has 1 aliphatic carbocycles. The van der Waals surface area contributed by atoms with Crippen LogP contribution in [-0.4, -0.2) is 175 Å². The third-order valence-electron chi connectivity index (χ3n) is 28.8. The Kier molecular flexibility index (Phi) is 23.1. The van der Waals surface area contributed by atoms with Crippen LogP contribution in [0.1, 0.15) is 122 Å². The average molecular weight is 1750 g/mol. The number of carbonyl (C=O) groups excluding carboxylic acids is 4. The lowest BCUT2D eigenvalue weighted by Gasteiger charge is -2.40. The Bertz CT molecular complexity index is 6350. The van der Waals surface area contributed by atoms with E-state index in [9.17, 15) is 27.6 Å². The van der Waals surface area contributed by atoms with Crippen LogP contribution in [0, 0.1) is 17.5 Å². The second kappa shape index (κ2) is 34.6. The van der Waals surface area contributed by atoms with E-state index in [0.29, 0.717) is 59.5 Å². The molecule has 0 bridgehead atoms. The number of fused-ring (bicyclic) bond motifs is 8. The summed E-state index contributed by atoms with van der Waals surface area (Å²) in [5, 5.41) is 16.7. The standard InChI is InChI=1S/C28H31FN4O.C27H29FN4O2.C23H23FN4O3S.C23H24N4O/c1-31-17-22(16-30-31)20-11-12-21(25(29)15-20)18-33-26-10-6-5-9-24(26)28(27(33)34)13-14-32(19-28)23-7-3-2-4-8-23;1-30-16-21(15-29-30)19-6-7-20(24(28)14-19)17-32-25-5-3-2-4-23(25)27(26(32)33)9-11-31(12-10-27)22-8-13-34-18-22;1-26-13-18(12-25-26)16-7-8-17(20(24)11-16)14-28-21-6-4-3-5-19(21)23(22(28)29)9-10-27(15-23)32(2,30)31;1-25-13-5-12-23(25)20-6-3-4-7-21(20)27(22(23)28)15-17-8-10-18(11-9-17)19-14-24-26(2)16-19/h5-6,9-12,15-17,23H,2-4,7-8,13-14,18-19H2,1H3;2-7,14-16,22H,8-13,17-18H2,1H3;3-8,11-13H,9-10,14-15H2,1-2H3;3-4,6-11,14,16H,5,12-13,15H2,1-2H3. The number of sulfonamides is 1. The number of rotatable bonds is 15. The molecule has 12 aromatic rings. The largest absolute Gasteiger partial charge is 0.380 e. The summed E-state index contributed by atoms with van der Waals surface area (Å²) in [6.07, 6.45) is 28.0. The van der Waals surface area contributed by atoms with Gasteiger partial charge in [0.1, 0.15) is 23.0 Å². The molecule has 4 spiro atoms. The molecular formula is C101H107F3N16O7S. The minimum absolute atomic E-state index is 0.0790. The smallest absolute Gasteiger partial charge is 0.252 e. The quantitative estimate of drug-likeness (QED) is 0.0935. The second-order valence-electron chi connectivity index (χ2n) is 36.4. The number of amides is 4. The van der Waals surface area contributed by atoms with Crippen molar-refractivity contribution in [3.63, 3.8) is 0 Å². The number of para-hydroxylation sites is 4. The maximum atomic E-state index is 15.2. The van der Waals surface area contributed by atoms with Crippen LogP contribution < -0.4 is 19.6 Å². The highest BCUT2D eigenvalue weighted by molar-refractivity contribution is 7.88. The first-order chi connectivity index (χ1) is 61.9. The average Bonchev–Trinajstić information content (AvgIpc) is 1.57. The van der Waals surface area contributed by atoms with E-state index in [1.807, 2.05) is 159 Å². The molecule has 4 unspecified atom stereocenters. The highest BCUT2D eigenvalue weighted by Gasteiger charge is 2.59. The number of ether oxygens (including phenoxy) is 1. The van der Waals surface area contributed by atoms with Gasteiger partial charge >= 0.3 is 0 Å². The number of benzene rings is 8. The molecule has 1 saturated carbocycles. The van der Waals surface area contributed by atoms with Gasteiger partial charge in [-0.2, -0.15) is 20.4 Å². The number of piperidine rings is 1. The molecule has 22 rings (SSSR count). The number of likely N-dealkylation sites (tertiary alicyclic amines) is 3. The van der Waals surface area contributed by atoms with E-state index in [4.69, 9.17) is 4.74 Å². The van der Waals surface area contributed by atoms with Crippen molar-refractivity contribution in [3.8, 4) is 44.5 Å². The van der Waals surface area contributed by atoms with Crippen molar-refractivity contribution in [2.75, 3.05) is 91.9 Å². The summed E-state index contributed by atoms with van der Waals surface area (Å²) in [5.41, 5.74) is 15.0. The van der Waals surface area contributed by atoms with Crippen molar-refractivity contribution in [1.29, 1.82) is 0 Å². The second-order valence-corrected chi connectivity index (χ2v) is 38.4. The lowest BCUT2D eigenvalue weighted by Crippen LogP contribution is -2.51. The minimum atomic E-state index is -3.41. The summed E-state index contributed by atoms with van der Waals surface area (Å²) in [6.45, 7) is 7.66. The molecule has 8 aromatic carbocycles. The van der Waals surface area contributed by atoms with Gasteiger partial charge in [-0.05, 0) is 178 Å². The van der Waals surface area contributed by atoms with Crippen LogP contribution in [0.25, 0.3) is 44.5 Å². The van der Waals surface area contributed by atoms with Crippen molar-refractivity contribution < 1.29 is 45.5 Å². The number of aryl methyl sites for hydroxylation is 4. The van der Waals surface area contributed by atoms with E-state index in [1.54, 1.807) is 72.4 Å². The molecule has 0 radical (unpaired) electrons. The van der Waals surface area contributed by atoms with Gasteiger partial charge in [-0.15, -0.1) is 0 Å². The zero-order valence-electron chi connectivity index (χ0n) is 73.2. The molecule has 27 heteroatoms. The van der Waals surface area contributed by atoms with Crippen molar-refractivity contribution in [2.45, 2.75) is 137 Å². The molecule has 6 fully saturated rings. The van der Waals surface area contributed by atoms with Gasteiger partial charge in [-0.25, -0.2) is 25.9 Å². The highest BCUT2D eigenvalue weighted by Crippen LogP contribution is 2.54. The van der Waals surface area contributed by atoms with Crippen LogP contribution in [0.4, 0.5) is 35.9 Å². The van der Waals surface area contributed by atoms with Gasteiger partial charge < -0.3 is 24.3 Å². The van der Waals surface area contributed by atoms with Crippen LogP contribution in [-0.2, 0) is 110 Å². The zero-order valence-corrected chi connectivity index (χ0v) is 74.1. The van der Waals surface area contributed by atoms with E-state index >= 15 is 13.2 Å². The fourth-order valence-electron chi connectivity index (χ4n) is 21.8. The van der Waals surface area contributed by atoms with Gasteiger partial charge in [0.25, 0.3) is 5.91 Å². The molecular weight excluding hydrogens is 1640 g/mol.